The van der Waals surface area contributed by atoms with Gasteiger partial charge in [0, 0.05) is 5.71 Å². The summed E-state index contributed by atoms with van der Waals surface area (Å²) >= 11 is 0. The summed E-state index contributed by atoms with van der Waals surface area (Å²) in [5, 5.41) is 7.23. The molecular formula is C22H43NO2. The van der Waals surface area contributed by atoms with Gasteiger partial charge in [-0.15, -0.1) is 0 Å². The van der Waals surface area contributed by atoms with Crippen molar-refractivity contribution < 1.29 is 9.53 Å². The molecule has 0 amide bonds. The molecule has 0 aliphatic rings. The van der Waals surface area contributed by atoms with Crippen LogP contribution in [0, 0.1) is 5.41 Å². The number of hydrogen-bond donors (Lipinski definition) is 1. The van der Waals surface area contributed by atoms with E-state index in [4.69, 9.17) is 10.1 Å². The summed E-state index contributed by atoms with van der Waals surface area (Å²) in [7, 11) is 0. The number of carbonyl (C=O) groups excluding carboxylic acids is 1. The molecule has 0 saturated heterocycles. The van der Waals surface area contributed by atoms with Crippen molar-refractivity contribution in [3.05, 3.63) is 0 Å². The van der Waals surface area contributed by atoms with Gasteiger partial charge in [-0.2, -0.15) is 0 Å². The summed E-state index contributed by atoms with van der Waals surface area (Å²) < 4.78 is 5.09. The van der Waals surface area contributed by atoms with E-state index in [0.717, 1.165) is 12.8 Å². The van der Waals surface area contributed by atoms with Crippen LogP contribution in [0.2, 0.25) is 0 Å². The zero-order valence-corrected chi connectivity index (χ0v) is 17.0. The Labute approximate surface area is 156 Å². The Morgan fingerprint density at radius 3 is 1.40 bits per heavy atom. The van der Waals surface area contributed by atoms with E-state index < -0.39 is 0 Å². The van der Waals surface area contributed by atoms with E-state index in [1.807, 2.05) is 0 Å². The molecule has 0 unspecified atom stereocenters. The van der Waals surface area contributed by atoms with Gasteiger partial charge in [-0.3, -0.25) is 4.79 Å². The molecule has 0 saturated carbocycles. The molecule has 0 bridgehead atoms. The van der Waals surface area contributed by atoms with Crippen LogP contribution in [0.15, 0.2) is 0 Å². The number of nitrogens with one attached hydrogen (secondary N) is 1. The Bertz CT molecular complexity index is 315. The van der Waals surface area contributed by atoms with Crippen LogP contribution in [0.25, 0.3) is 0 Å². The molecular weight excluding hydrogens is 310 g/mol. The molecule has 0 aliphatic heterocycles. The summed E-state index contributed by atoms with van der Waals surface area (Å²) in [6, 6.07) is 0. The normalized spacial score (nSPS) is 10.8. The Balaban J connectivity index is 3.07. The van der Waals surface area contributed by atoms with Crippen molar-refractivity contribution in [3.8, 4) is 0 Å². The number of rotatable bonds is 19. The molecule has 25 heavy (non-hydrogen) atoms. The maximum absolute atomic E-state index is 11.3. The van der Waals surface area contributed by atoms with Crippen LogP contribution in [0.1, 0.15) is 123 Å². The Morgan fingerprint density at radius 1 is 0.680 bits per heavy atom. The van der Waals surface area contributed by atoms with Gasteiger partial charge >= 0.3 is 5.97 Å². The minimum absolute atomic E-state index is 0.138. The van der Waals surface area contributed by atoms with Crippen LogP contribution < -0.4 is 0 Å². The van der Waals surface area contributed by atoms with Crippen LogP contribution in [0.5, 0.6) is 0 Å². The highest BCUT2D eigenvalue weighted by molar-refractivity contribution is 5.95. The zero-order chi connectivity index (χ0) is 18.6. The molecule has 0 atom stereocenters. The van der Waals surface area contributed by atoms with Gasteiger partial charge in [-0.05, 0) is 13.3 Å². The third-order valence-corrected chi connectivity index (χ3v) is 4.67. The number of ether oxygens (including phenoxy) is 1. The molecule has 0 aliphatic carbocycles. The average Bonchev–Trinajstić information content (AvgIpc) is 2.57. The van der Waals surface area contributed by atoms with Crippen molar-refractivity contribution in [2.75, 3.05) is 6.61 Å². The van der Waals surface area contributed by atoms with Crippen molar-refractivity contribution in [1.29, 1.82) is 5.41 Å². The fraction of sp³-hybridized carbons (Fsp3) is 0.909. The van der Waals surface area contributed by atoms with Crippen LogP contribution in [0.4, 0.5) is 0 Å². The minimum atomic E-state index is -0.256. The first-order chi connectivity index (χ1) is 12.2. The quantitative estimate of drug-likeness (QED) is 0.151. The SMILES string of the molecule is CCCCCCCCCCCCCCCCCCOC(=O)CC(C)=N. The van der Waals surface area contributed by atoms with Crippen LogP contribution in [0.3, 0.4) is 0 Å². The summed E-state index contributed by atoms with van der Waals surface area (Å²) in [5.41, 5.74) is 0.372. The second-order valence-corrected chi connectivity index (χ2v) is 7.48. The number of unbranched alkanes of at least 4 members (excludes halogenated alkanes) is 15. The monoisotopic (exact) mass is 353 g/mol. The molecule has 0 aromatic rings. The van der Waals surface area contributed by atoms with Gasteiger partial charge in [-0.25, -0.2) is 0 Å². The summed E-state index contributed by atoms with van der Waals surface area (Å²) in [5.74, 6) is -0.256. The topological polar surface area (TPSA) is 50.2 Å². The smallest absolute Gasteiger partial charge is 0.311 e. The predicted molar refractivity (Wildman–Crippen MR) is 109 cm³/mol. The van der Waals surface area contributed by atoms with Crippen molar-refractivity contribution in [2.45, 2.75) is 123 Å². The van der Waals surface area contributed by atoms with Gasteiger partial charge < -0.3 is 10.1 Å². The lowest BCUT2D eigenvalue weighted by atomic mass is 10.0. The predicted octanol–water partition coefficient (Wildman–Crippen LogP) is 7.22. The van der Waals surface area contributed by atoms with Gasteiger partial charge in [0.25, 0.3) is 0 Å². The first-order valence-corrected chi connectivity index (χ1v) is 10.9. The van der Waals surface area contributed by atoms with E-state index in [1.54, 1.807) is 6.92 Å². The van der Waals surface area contributed by atoms with Crippen molar-refractivity contribution in [2.24, 2.45) is 0 Å². The second-order valence-electron chi connectivity index (χ2n) is 7.48. The molecule has 0 aromatic heterocycles. The molecule has 148 valence electrons. The lowest BCUT2D eigenvalue weighted by molar-refractivity contribution is -0.142. The number of esters is 1. The summed E-state index contributed by atoms with van der Waals surface area (Å²) in [6.07, 6.45) is 21.7. The molecule has 0 aromatic carbocycles. The molecule has 3 nitrogen and oxygen atoms in total. The first-order valence-electron chi connectivity index (χ1n) is 10.9. The highest BCUT2D eigenvalue weighted by Crippen LogP contribution is 2.13. The highest BCUT2D eigenvalue weighted by Gasteiger charge is 2.03. The third kappa shape index (κ3) is 21.1. The molecule has 3 heteroatoms. The van der Waals surface area contributed by atoms with Crippen molar-refractivity contribution in [1.82, 2.24) is 0 Å². The second kappa shape index (κ2) is 19.5. The lowest BCUT2D eigenvalue weighted by Crippen LogP contribution is -2.09. The molecule has 0 rings (SSSR count). The van der Waals surface area contributed by atoms with Crippen molar-refractivity contribution in [3.63, 3.8) is 0 Å². The van der Waals surface area contributed by atoms with E-state index in [-0.39, 0.29) is 12.4 Å². The third-order valence-electron chi connectivity index (χ3n) is 4.67. The standard InChI is InChI=1S/C22H43NO2/c1-3-4-5-6-7-8-9-10-11-12-13-14-15-16-17-18-19-25-22(24)20-21(2)23/h23H,3-20H2,1-2H3. The van der Waals surface area contributed by atoms with E-state index in [0.29, 0.717) is 12.3 Å². The fourth-order valence-electron chi connectivity index (χ4n) is 3.10. The van der Waals surface area contributed by atoms with E-state index in [2.05, 4.69) is 6.92 Å². The largest absolute Gasteiger partial charge is 0.465 e. The van der Waals surface area contributed by atoms with Gasteiger partial charge in [0.05, 0.1) is 13.0 Å². The van der Waals surface area contributed by atoms with Crippen LogP contribution >= 0.6 is 0 Å². The van der Waals surface area contributed by atoms with E-state index in [1.165, 1.54) is 89.9 Å². The number of carbonyl (C=O) groups is 1. The van der Waals surface area contributed by atoms with Crippen molar-refractivity contribution >= 4 is 11.7 Å². The first kappa shape index (κ1) is 24.1. The summed E-state index contributed by atoms with van der Waals surface area (Å²) in [6.45, 7) is 4.43. The van der Waals surface area contributed by atoms with Gasteiger partial charge in [0.2, 0.25) is 0 Å². The molecule has 0 heterocycles. The molecule has 0 fully saturated rings. The van der Waals surface area contributed by atoms with Crippen LogP contribution in [-0.2, 0) is 9.53 Å². The summed E-state index contributed by atoms with van der Waals surface area (Å²) in [4.78, 5) is 11.3. The maximum atomic E-state index is 11.3. The van der Waals surface area contributed by atoms with Gasteiger partial charge in [-0.1, -0.05) is 103 Å². The fourth-order valence-corrected chi connectivity index (χ4v) is 3.10. The molecule has 0 spiro atoms. The molecule has 1 N–H and O–H groups in total. The Hall–Kier alpha value is -0.860. The van der Waals surface area contributed by atoms with Gasteiger partial charge in [0.15, 0.2) is 0 Å². The highest BCUT2D eigenvalue weighted by atomic mass is 16.5. The van der Waals surface area contributed by atoms with E-state index >= 15 is 0 Å². The van der Waals surface area contributed by atoms with Gasteiger partial charge in [0.1, 0.15) is 0 Å². The van der Waals surface area contributed by atoms with Crippen LogP contribution in [-0.4, -0.2) is 18.3 Å². The maximum Gasteiger partial charge on any atom is 0.311 e. The Morgan fingerprint density at radius 2 is 1.04 bits per heavy atom. The minimum Gasteiger partial charge on any atom is -0.465 e. The number of hydrogen-bond acceptors (Lipinski definition) is 3. The Kier molecular flexibility index (Phi) is 18.8. The van der Waals surface area contributed by atoms with E-state index in [9.17, 15) is 4.79 Å². The lowest BCUT2D eigenvalue weighted by Gasteiger charge is -2.05. The zero-order valence-electron chi connectivity index (χ0n) is 17.0. The molecule has 0 radical (unpaired) electrons. The average molecular weight is 354 g/mol.